The van der Waals surface area contributed by atoms with Crippen molar-refractivity contribution in [1.29, 1.82) is 5.26 Å². The van der Waals surface area contributed by atoms with Crippen LogP contribution in [0.3, 0.4) is 0 Å². The smallest absolute Gasteiger partial charge is 0.240 e. The quantitative estimate of drug-likeness (QED) is 0.663. The minimum Gasteiger partial charge on any atom is -0.493 e. The number of methoxy groups -OCH3 is 3. The molecule has 0 aliphatic heterocycles. The van der Waals surface area contributed by atoms with Crippen LogP contribution in [0.5, 0.6) is 17.2 Å². The normalized spacial score (nSPS) is 16.6. The van der Waals surface area contributed by atoms with E-state index in [0.717, 1.165) is 37.7 Å². The number of benzene rings is 1. The van der Waals surface area contributed by atoms with Crippen LogP contribution in [0, 0.1) is 11.3 Å². The fraction of sp³-hybridized carbons (Fsp3) is 0.636. The van der Waals surface area contributed by atoms with Crippen molar-refractivity contribution in [3.63, 3.8) is 0 Å². The average molecular weight is 404 g/mol. The summed E-state index contributed by atoms with van der Waals surface area (Å²) >= 11 is 0. The highest BCUT2D eigenvalue weighted by atomic mass is 16.5. The molecule has 1 saturated carbocycles. The van der Waals surface area contributed by atoms with Crippen molar-refractivity contribution < 1.29 is 19.0 Å². The first-order valence-electron chi connectivity index (χ1n) is 10.0. The van der Waals surface area contributed by atoms with E-state index in [1.165, 1.54) is 0 Å². The van der Waals surface area contributed by atoms with Crippen molar-refractivity contribution >= 4 is 5.91 Å². The Morgan fingerprint density at radius 3 is 2.24 bits per heavy atom. The highest BCUT2D eigenvalue weighted by Gasteiger charge is 2.40. The molecule has 29 heavy (non-hydrogen) atoms. The number of rotatable bonds is 8. The van der Waals surface area contributed by atoms with Crippen LogP contribution < -0.4 is 14.2 Å². The van der Waals surface area contributed by atoms with Gasteiger partial charge in [0.25, 0.3) is 0 Å². The number of likely N-dealkylation sites (N-methyl/N-ethyl adjacent to an activating group) is 2. The number of amides is 1. The van der Waals surface area contributed by atoms with Gasteiger partial charge < -0.3 is 19.1 Å². The van der Waals surface area contributed by atoms with Crippen LogP contribution in [-0.2, 0) is 11.3 Å². The molecule has 7 heteroatoms. The molecule has 1 aliphatic rings. The summed E-state index contributed by atoms with van der Waals surface area (Å²) in [5.41, 5.74) is 0.202. The number of nitriles is 1. The van der Waals surface area contributed by atoms with E-state index in [1.807, 2.05) is 31.0 Å². The van der Waals surface area contributed by atoms with E-state index >= 15 is 0 Å². The molecule has 0 aromatic heterocycles. The fourth-order valence-corrected chi connectivity index (χ4v) is 4.03. The van der Waals surface area contributed by atoms with E-state index in [0.29, 0.717) is 23.8 Å². The maximum Gasteiger partial charge on any atom is 0.240 e. The summed E-state index contributed by atoms with van der Waals surface area (Å²) in [5, 5.41) is 9.79. The Balaban J connectivity index is 2.19. The molecule has 1 fully saturated rings. The largest absolute Gasteiger partial charge is 0.493 e. The van der Waals surface area contributed by atoms with E-state index < -0.39 is 5.54 Å². The first kappa shape index (κ1) is 22.8. The molecular weight excluding hydrogens is 370 g/mol. The highest BCUT2D eigenvalue weighted by molar-refractivity contribution is 5.82. The number of hydrogen-bond donors (Lipinski definition) is 0. The van der Waals surface area contributed by atoms with Gasteiger partial charge in [0, 0.05) is 19.2 Å². The second kappa shape index (κ2) is 9.84. The summed E-state index contributed by atoms with van der Waals surface area (Å²) in [5.74, 6) is 1.67. The minimum atomic E-state index is -0.689. The van der Waals surface area contributed by atoms with Crippen molar-refractivity contribution in [1.82, 2.24) is 9.80 Å². The van der Waals surface area contributed by atoms with Crippen LogP contribution >= 0.6 is 0 Å². The lowest BCUT2D eigenvalue weighted by Gasteiger charge is -2.41. The molecule has 1 unspecified atom stereocenters. The van der Waals surface area contributed by atoms with Crippen LogP contribution in [0.15, 0.2) is 12.1 Å². The van der Waals surface area contributed by atoms with E-state index in [1.54, 1.807) is 33.3 Å². The lowest BCUT2D eigenvalue weighted by Crippen LogP contribution is -2.55. The third-order valence-corrected chi connectivity index (χ3v) is 6.09. The molecule has 1 aromatic rings. The van der Waals surface area contributed by atoms with Crippen LogP contribution in [0.25, 0.3) is 0 Å². The third kappa shape index (κ3) is 4.59. The zero-order chi connectivity index (χ0) is 21.6. The molecule has 0 N–H and O–H groups in total. The van der Waals surface area contributed by atoms with Gasteiger partial charge in [0.05, 0.1) is 33.4 Å². The molecule has 1 amide bonds. The molecule has 0 bridgehead atoms. The predicted molar refractivity (Wildman–Crippen MR) is 111 cm³/mol. The monoisotopic (exact) mass is 403 g/mol. The molecule has 1 atom stereocenters. The number of hydrogen-bond acceptors (Lipinski definition) is 6. The minimum absolute atomic E-state index is 0.0459. The van der Waals surface area contributed by atoms with Gasteiger partial charge in [-0.3, -0.25) is 9.69 Å². The molecule has 2 rings (SSSR count). The molecule has 0 spiro atoms. The Bertz CT molecular complexity index is 753. The van der Waals surface area contributed by atoms with Crippen LogP contribution in [0.1, 0.15) is 44.6 Å². The summed E-state index contributed by atoms with van der Waals surface area (Å²) < 4.78 is 16.3. The summed E-state index contributed by atoms with van der Waals surface area (Å²) in [4.78, 5) is 16.8. The second-order valence-electron chi connectivity index (χ2n) is 7.69. The highest BCUT2D eigenvalue weighted by Crippen LogP contribution is 2.40. The summed E-state index contributed by atoms with van der Waals surface area (Å²) in [6.45, 7) is 2.36. The van der Waals surface area contributed by atoms with E-state index in [9.17, 15) is 10.1 Å². The van der Waals surface area contributed by atoms with Gasteiger partial charge in [-0.25, -0.2) is 0 Å². The molecule has 1 aromatic carbocycles. The van der Waals surface area contributed by atoms with Gasteiger partial charge in [0.2, 0.25) is 11.7 Å². The van der Waals surface area contributed by atoms with Gasteiger partial charge >= 0.3 is 0 Å². The maximum atomic E-state index is 13.2. The van der Waals surface area contributed by atoms with Crippen molar-refractivity contribution in [2.75, 3.05) is 35.4 Å². The first-order chi connectivity index (χ1) is 13.8. The lowest BCUT2D eigenvalue weighted by molar-refractivity contribution is -0.139. The van der Waals surface area contributed by atoms with E-state index in [2.05, 4.69) is 6.07 Å². The Morgan fingerprint density at radius 2 is 1.72 bits per heavy atom. The molecule has 1 aliphatic carbocycles. The van der Waals surface area contributed by atoms with Crippen molar-refractivity contribution in [3.05, 3.63) is 17.7 Å². The number of carbonyl (C=O) groups is 1. The van der Waals surface area contributed by atoms with Gasteiger partial charge in [0.1, 0.15) is 5.54 Å². The average Bonchev–Trinajstić information content (AvgIpc) is 2.77. The maximum absolute atomic E-state index is 13.2. The SMILES string of the molecule is COc1ccc(CN(C)C(C)C(=O)N(C)C2(C#N)CCCCC2)c(OC)c1OC. The third-order valence-electron chi connectivity index (χ3n) is 6.09. The summed E-state index contributed by atoms with van der Waals surface area (Å²) in [6, 6.07) is 5.78. The van der Waals surface area contributed by atoms with Crippen molar-refractivity contribution in [2.45, 2.75) is 57.2 Å². The molecule has 160 valence electrons. The molecule has 0 heterocycles. The first-order valence-corrected chi connectivity index (χ1v) is 10.0. The van der Waals surface area contributed by atoms with Crippen LogP contribution in [0.2, 0.25) is 0 Å². The molecular formula is C22H33N3O4. The number of carbonyl (C=O) groups excluding carboxylic acids is 1. The zero-order valence-corrected chi connectivity index (χ0v) is 18.4. The van der Waals surface area contributed by atoms with Gasteiger partial charge in [-0.2, -0.15) is 5.26 Å². The molecule has 0 radical (unpaired) electrons. The van der Waals surface area contributed by atoms with Crippen LogP contribution in [0.4, 0.5) is 0 Å². The van der Waals surface area contributed by atoms with E-state index in [-0.39, 0.29) is 11.9 Å². The van der Waals surface area contributed by atoms with Gasteiger partial charge in [0.15, 0.2) is 11.5 Å². The lowest BCUT2D eigenvalue weighted by atomic mass is 9.81. The predicted octanol–water partition coefficient (Wildman–Crippen LogP) is 3.22. The molecule has 7 nitrogen and oxygen atoms in total. The fourth-order valence-electron chi connectivity index (χ4n) is 4.03. The summed E-state index contributed by atoms with van der Waals surface area (Å²) in [7, 11) is 8.39. The standard InChI is InChI=1S/C22H33N3O4/c1-16(21(26)25(3)22(15-23)12-8-7-9-13-22)24(2)14-17-10-11-18(27-4)20(29-6)19(17)28-5/h10-11,16H,7-9,12-14H2,1-6H3. The van der Waals surface area contributed by atoms with Gasteiger partial charge in [-0.15, -0.1) is 0 Å². The van der Waals surface area contributed by atoms with Crippen LogP contribution in [-0.4, -0.2) is 62.7 Å². The van der Waals surface area contributed by atoms with Crippen molar-refractivity contribution in [2.24, 2.45) is 0 Å². The van der Waals surface area contributed by atoms with E-state index in [4.69, 9.17) is 14.2 Å². The Hall–Kier alpha value is -2.46. The van der Waals surface area contributed by atoms with Gasteiger partial charge in [-0.05, 0) is 32.9 Å². The van der Waals surface area contributed by atoms with Crippen molar-refractivity contribution in [3.8, 4) is 23.3 Å². The zero-order valence-electron chi connectivity index (χ0n) is 18.4. The second-order valence-corrected chi connectivity index (χ2v) is 7.69. The molecule has 0 saturated heterocycles. The number of nitrogens with zero attached hydrogens (tertiary/aromatic N) is 3. The Labute approximate surface area is 174 Å². The number of ether oxygens (including phenoxy) is 3. The van der Waals surface area contributed by atoms with Gasteiger partial charge in [-0.1, -0.05) is 25.3 Å². The Morgan fingerprint density at radius 1 is 1.10 bits per heavy atom. The topological polar surface area (TPSA) is 75.0 Å². The Kier molecular flexibility index (Phi) is 7.74. The summed E-state index contributed by atoms with van der Waals surface area (Å²) in [6.07, 6.45) is 4.58.